The Balaban J connectivity index is 3.34. The van der Waals surface area contributed by atoms with E-state index < -0.39 is 6.10 Å². The molecule has 0 aromatic carbocycles. The zero-order valence-corrected chi connectivity index (χ0v) is 19.4. The van der Waals surface area contributed by atoms with Crippen LogP contribution in [0.15, 0.2) is 12.2 Å². The molecule has 0 aromatic heterocycles. The fourth-order valence-electron chi connectivity index (χ4n) is 2.88. The minimum atomic E-state index is -0.798. The smallest absolute Gasteiger partial charge is 0.305 e. The number of aliphatic hydroxyl groups excluding tert-OH is 1. The summed E-state index contributed by atoms with van der Waals surface area (Å²) in [6.45, 7) is 4.27. The van der Waals surface area contributed by atoms with Crippen molar-refractivity contribution in [3.63, 3.8) is 0 Å². The van der Waals surface area contributed by atoms with Crippen molar-refractivity contribution < 1.29 is 28.8 Å². The lowest BCUT2D eigenvalue weighted by Crippen LogP contribution is -2.24. The predicted molar refractivity (Wildman–Crippen MR) is 121 cm³/mol. The van der Waals surface area contributed by atoms with Crippen LogP contribution in [0.5, 0.6) is 0 Å². The minimum Gasteiger partial charge on any atom is -0.463 e. The number of methoxy groups -OCH3 is 1. The number of allylic oxidation sites excluding steroid dienone is 2. The standard InChI is InChI=1S/C24H46O6/c1-3-4-5-6-7-8-9-10-11-12-13-14-15-16-24(26)30-22-23(25)21-29-20-19-28-18-17-27-2/h8-9,23,25H,3-7,10-22H2,1-2H3/b9-8-. The molecule has 0 heterocycles. The Morgan fingerprint density at radius 2 is 1.40 bits per heavy atom. The molecule has 0 saturated carbocycles. The number of aliphatic hydroxyl groups is 1. The second kappa shape index (κ2) is 24.3. The number of hydrogen-bond donors (Lipinski definition) is 1. The van der Waals surface area contributed by atoms with Gasteiger partial charge in [0.2, 0.25) is 0 Å². The SMILES string of the molecule is CCCCCC/C=C\CCCCCCCC(=O)OCC(O)COCCOCCOC. The molecule has 0 amide bonds. The number of esters is 1. The van der Waals surface area contributed by atoms with Gasteiger partial charge in [0.05, 0.1) is 33.0 Å². The van der Waals surface area contributed by atoms with Crippen LogP contribution in [0.4, 0.5) is 0 Å². The first kappa shape index (κ1) is 29.1. The van der Waals surface area contributed by atoms with Gasteiger partial charge in [0, 0.05) is 13.5 Å². The minimum absolute atomic E-state index is 0.0197. The molecule has 1 unspecified atom stereocenters. The van der Waals surface area contributed by atoms with Gasteiger partial charge in [0.1, 0.15) is 12.7 Å². The molecule has 30 heavy (non-hydrogen) atoms. The van der Waals surface area contributed by atoms with Crippen molar-refractivity contribution in [2.24, 2.45) is 0 Å². The van der Waals surface area contributed by atoms with Gasteiger partial charge in [-0.05, 0) is 32.1 Å². The number of rotatable bonds is 23. The highest BCUT2D eigenvalue weighted by molar-refractivity contribution is 5.69. The quantitative estimate of drug-likeness (QED) is 0.142. The topological polar surface area (TPSA) is 74.2 Å². The summed E-state index contributed by atoms with van der Waals surface area (Å²) >= 11 is 0. The number of carbonyl (C=O) groups is 1. The summed E-state index contributed by atoms with van der Waals surface area (Å²) in [6.07, 6.45) is 17.4. The van der Waals surface area contributed by atoms with Crippen molar-refractivity contribution in [2.45, 2.75) is 90.1 Å². The Hall–Kier alpha value is -0.950. The molecule has 0 spiro atoms. The predicted octanol–water partition coefficient (Wildman–Crippen LogP) is 4.83. The summed E-state index contributed by atoms with van der Waals surface area (Å²) in [6, 6.07) is 0. The zero-order chi connectivity index (χ0) is 22.1. The molecular weight excluding hydrogens is 384 g/mol. The molecule has 6 heteroatoms. The van der Waals surface area contributed by atoms with Gasteiger partial charge in [0.25, 0.3) is 0 Å². The van der Waals surface area contributed by atoms with E-state index in [1.165, 1.54) is 44.9 Å². The van der Waals surface area contributed by atoms with Crippen molar-refractivity contribution in [1.29, 1.82) is 0 Å². The summed E-state index contributed by atoms with van der Waals surface area (Å²) in [5, 5.41) is 9.75. The second-order valence-corrected chi connectivity index (χ2v) is 7.64. The van der Waals surface area contributed by atoms with Crippen LogP contribution in [0.1, 0.15) is 84.0 Å². The average Bonchev–Trinajstić information content (AvgIpc) is 2.75. The molecule has 0 bridgehead atoms. The van der Waals surface area contributed by atoms with Gasteiger partial charge in [-0.15, -0.1) is 0 Å². The van der Waals surface area contributed by atoms with Crippen molar-refractivity contribution in [2.75, 3.05) is 46.8 Å². The van der Waals surface area contributed by atoms with Crippen LogP contribution in [0.3, 0.4) is 0 Å². The van der Waals surface area contributed by atoms with Gasteiger partial charge >= 0.3 is 5.97 Å². The first-order valence-electron chi connectivity index (χ1n) is 11.8. The van der Waals surface area contributed by atoms with E-state index >= 15 is 0 Å². The maximum Gasteiger partial charge on any atom is 0.305 e. The van der Waals surface area contributed by atoms with E-state index in [0.29, 0.717) is 32.8 Å². The number of hydrogen-bond acceptors (Lipinski definition) is 6. The maximum absolute atomic E-state index is 11.7. The fourth-order valence-corrected chi connectivity index (χ4v) is 2.88. The second-order valence-electron chi connectivity index (χ2n) is 7.64. The molecule has 0 fully saturated rings. The molecule has 1 atom stereocenters. The van der Waals surface area contributed by atoms with Crippen LogP contribution in [-0.4, -0.2) is 63.9 Å². The number of unbranched alkanes of at least 4 members (excludes halogenated alkanes) is 9. The molecule has 6 nitrogen and oxygen atoms in total. The van der Waals surface area contributed by atoms with Gasteiger partial charge in [-0.25, -0.2) is 0 Å². The molecule has 0 saturated heterocycles. The lowest BCUT2D eigenvalue weighted by Gasteiger charge is -2.12. The van der Waals surface area contributed by atoms with E-state index in [-0.39, 0.29) is 19.2 Å². The van der Waals surface area contributed by atoms with Crippen LogP contribution in [-0.2, 0) is 23.7 Å². The van der Waals surface area contributed by atoms with E-state index in [1.54, 1.807) is 7.11 Å². The summed E-state index contributed by atoms with van der Waals surface area (Å²) in [4.78, 5) is 11.7. The van der Waals surface area contributed by atoms with Crippen LogP contribution in [0.2, 0.25) is 0 Å². The van der Waals surface area contributed by atoms with E-state index in [9.17, 15) is 9.90 Å². The number of ether oxygens (including phenoxy) is 4. The van der Waals surface area contributed by atoms with Gasteiger partial charge in [-0.2, -0.15) is 0 Å². The molecule has 1 N–H and O–H groups in total. The Morgan fingerprint density at radius 1 is 0.800 bits per heavy atom. The highest BCUT2D eigenvalue weighted by Gasteiger charge is 2.09. The Bertz CT molecular complexity index is 386. The van der Waals surface area contributed by atoms with E-state index in [4.69, 9.17) is 18.9 Å². The molecule has 0 aliphatic rings. The molecule has 0 radical (unpaired) electrons. The third kappa shape index (κ3) is 23.3. The Kier molecular flexibility index (Phi) is 23.6. The Morgan fingerprint density at radius 3 is 2.10 bits per heavy atom. The van der Waals surface area contributed by atoms with Crippen molar-refractivity contribution in [3.8, 4) is 0 Å². The largest absolute Gasteiger partial charge is 0.463 e. The number of carbonyl (C=O) groups excluding carboxylic acids is 1. The first-order valence-corrected chi connectivity index (χ1v) is 11.8. The third-order valence-corrected chi connectivity index (χ3v) is 4.69. The van der Waals surface area contributed by atoms with Crippen LogP contribution in [0, 0.1) is 0 Å². The zero-order valence-electron chi connectivity index (χ0n) is 19.4. The summed E-state index contributed by atoms with van der Waals surface area (Å²) in [5.41, 5.74) is 0. The highest BCUT2D eigenvalue weighted by Crippen LogP contribution is 2.09. The van der Waals surface area contributed by atoms with E-state index in [0.717, 1.165) is 25.7 Å². The average molecular weight is 431 g/mol. The van der Waals surface area contributed by atoms with Gasteiger partial charge in [0.15, 0.2) is 0 Å². The summed E-state index contributed by atoms with van der Waals surface area (Å²) < 4.78 is 20.5. The Labute approximate surface area is 184 Å². The molecule has 0 aliphatic carbocycles. The van der Waals surface area contributed by atoms with Gasteiger partial charge < -0.3 is 24.1 Å². The van der Waals surface area contributed by atoms with Crippen molar-refractivity contribution >= 4 is 5.97 Å². The van der Waals surface area contributed by atoms with Gasteiger partial charge in [-0.1, -0.05) is 57.6 Å². The van der Waals surface area contributed by atoms with Gasteiger partial charge in [-0.3, -0.25) is 4.79 Å². The molecule has 0 aromatic rings. The highest BCUT2D eigenvalue weighted by atomic mass is 16.6. The fraction of sp³-hybridized carbons (Fsp3) is 0.875. The monoisotopic (exact) mass is 430 g/mol. The lowest BCUT2D eigenvalue weighted by molar-refractivity contribution is -0.148. The molecular formula is C24H46O6. The van der Waals surface area contributed by atoms with E-state index in [2.05, 4.69) is 19.1 Å². The van der Waals surface area contributed by atoms with Crippen LogP contribution < -0.4 is 0 Å². The lowest BCUT2D eigenvalue weighted by atomic mass is 10.1. The third-order valence-electron chi connectivity index (χ3n) is 4.69. The molecule has 0 aliphatic heterocycles. The maximum atomic E-state index is 11.7. The molecule has 178 valence electrons. The van der Waals surface area contributed by atoms with Crippen molar-refractivity contribution in [3.05, 3.63) is 12.2 Å². The summed E-state index contributed by atoms with van der Waals surface area (Å²) in [7, 11) is 1.62. The normalized spacial score (nSPS) is 12.5. The van der Waals surface area contributed by atoms with Crippen molar-refractivity contribution in [1.82, 2.24) is 0 Å². The van der Waals surface area contributed by atoms with Crippen LogP contribution in [0.25, 0.3) is 0 Å². The molecule has 0 rings (SSSR count). The summed E-state index contributed by atoms with van der Waals surface area (Å²) in [5.74, 6) is -0.247. The van der Waals surface area contributed by atoms with Crippen LogP contribution >= 0.6 is 0 Å². The van der Waals surface area contributed by atoms with E-state index in [1.807, 2.05) is 0 Å². The first-order chi connectivity index (χ1) is 14.7.